The molecule has 140 valence electrons. The molecule has 27 heavy (non-hydrogen) atoms. The van der Waals surface area contributed by atoms with Crippen LogP contribution in [0.1, 0.15) is 40.9 Å². The number of rotatable bonds is 2. The van der Waals surface area contributed by atoms with Gasteiger partial charge in [0.2, 0.25) is 5.78 Å². The number of ketones is 1. The Labute approximate surface area is 168 Å². The fourth-order valence-corrected chi connectivity index (χ4v) is 3.97. The molecule has 0 amide bonds. The summed E-state index contributed by atoms with van der Waals surface area (Å²) in [7, 11) is 0. The van der Waals surface area contributed by atoms with Gasteiger partial charge in [0.05, 0.1) is 5.56 Å². The van der Waals surface area contributed by atoms with Crippen LogP contribution in [-0.4, -0.2) is 17.4 Å². The van der Waals surface area contributed by atoms with Crippen LogP contribution in [0.4, 0.5) is 0 Å². The number of ether oxygens (including phenoxy) is 2. The third kappa shape index (κ3) is 3.22. The fraction of sp³-hybridized carbons (Fsp3) is 0.286. The van der Waals surface area contributed by atoms with Gasteiger partial charge in [0.15, 0.2) is 5.76 Å². The standard InChI is InChI=1S/C21H19Cl2NO3/c1-11(2)19-18(25)16-6-14-9-24(8-13-4-5-15(22)7-17(13)23)10-26-20(14)12(3)21(16)27-19/h4-7H,8-10H2,1-3H3. The zero-order chi connectivity index (χ0) is 19.3. The summed E-state index contributed by atoms with van der Waals surface area (Å²) in [5.41, 5.74) is 4.31. The highest BCUT2D eigenvalue weighted by molar-refractivity contribution is 6.35. The van der Waals surface area contributed by atoms with E-state index < -0.39 is 0 Å². The molecule has 0 spiro atoms. The minimum Gasteiger partial charge on any atom is -0.477 e. The van der Waals surface area contributed by atoms with Gasteiger partial charge in [0.1, 0.15) is 18.2 Å². The van der Waals surface area contributed by atoms with Gasteiger partial charge >= 0.3 is 0 Å². The zero-order valence-corrected chi connectivity index (χ0v) is 16.9. The molecule has 2 aliphatic rings. The Balaban J connectivity index is 1.64. The first-order chi connectivity index (χ1) is 12.8. The largest absolute Gasteiger partial charge is 0.477 e. The highest BCUT2D eigenvalue weighted by atomic mass is 35.5. The Bertz CT molecular complexity index is 993. The second-order valence-electron chi connectivity index (χ2n) is 7.12. The zero-order valence-electron chi connectivity index (χ0n) is 15.4. The van der Waals surface area contributed by atoms with E-state index in [0.29, 0.717) is 46.9 Å². The van der Waals surface area contributed by atoms with Crippen molar-refractivity contribution in [2.45, 2.75) is 33.9 Å². The highest BCUT2D eigenvalue weighted by Crippen LogP contribution is 2.43. The number of fused-ring (bicyclic) bond motifs is 2. The molecule has 4 nitrogen and oxygen atoms in total. The molecule has 0 saturated carbocycles. The number of allylic oxidation sites excluding steroid dienone is 2. The summed E-state index contributed by atoms with van der Waals surface area (Å²) >= 11 is 12.3. The summed E-state index contributed by atoms with van der Waals surface area (Å²) < 4.78 is 11.8. The Kier molecular flexibility index (Phi) is 4.66. The maximum atomic E-state index is 12.7. The van der Waals surface area contributed by atoms with Gasteiger partial charge in [-0.15, -0.1) is 0 Å². The van der Waals surface area contributed by atoms with Gasteiger partial charge in [-0.25, -0.2) is 0 Å². The monoisotopic (exact) mass is 403 g/mol. The van der Waals surface area contributed by atoms with Crippen molar-refractivity contribution in [2.75, 3.05) is 6.73 Å². The van der Waals surface area contributed by atoms with Gasteiger partial charge in [0, 0.05) is 34.3 Å². The molecule has 0 bridgehead atoms. The Morgan fingerprint density at radius 3 is 2.67 bits per heavy atom. The molecule has 2 aliphatic heterocycles. The molecule has 0 unspecified atom stereocenters. The second kappa shape index (κ2) is 6.86. The molecule has 0 aromatic heterocycles. The Morgan fingerprint density at radius 1 is 1.19 bits per heavy atom. The lowest BCUT2D eigenvalue weighted by atomic mass is 9.99. The minimum atomic E-state index is -0.0613. The van der Waals surface area contributed by atoms with Crippen LogP contribution < -0.4 is 9.47 Å². The Morgan fingerprint density at radius 2 is 1.96 bits per heavy atom. The van der Waals surface area contributed by atoms with Crippen LogP contribution in [0.15, 0.2) is 35.6 Å². The smallest absolute Gasteiger partial charge is 0.231 e. The molecule has 0 aliphatic carbocycles. The Hall–Kier alpha value is -2.01. The van der Waals surface area contributed by atoms with Crippen LogP contribution in [0, 0.1) is 6.92 Å². The van der Waals surface area contributed by atoms with Crippen LogP contribution in [-0.2, 0) is 13.1 Å². The van der Waals surface area contributed by atoms with Crippen molar-refractivity contribution in [3.05, 3.63) is 67.9 Å². The molecule has 4 rings (SSSR count). The molecular formula is C21H19Cl2NO3. The topological polar surface area (TPSA) is 38.8 Å². The maximum absolute atomic E-state index is 12.7. The first kappa shape index (κ1) is 18.4. The summed E-state index contributed by atoms with van der Waals surface area (Å²) in [6.07, 6.45) is 0. The number of carbonyl (C=O) groups excluding carboxylic acids is 1. The molecule has 0 saturated heterocycles. The summed E-state index contributed by atoms with van der Waals surface area (Å²) in [5, 5.41) is 1.25. The number of Topliss-reactive ketones (excluding diaryl/α,β-unsaturated/α-hetero) is 1. The molecule has 2 aromatic carbocycles. The molecule has 0 radical (unpaired) electrons. The number of halogens is 2. The maximum Gasteiger partial charge on any atom is 0.231 e. The van der Waals surface area contributed by atoms with E-state index in [2.05, 4.69) is 4.90 Å². The first-order valence-electron chi connectivity index (χ1n) is 8.70. The molecule has 2 heterocycles. The van der Waals surface area contributed by atoms with Crippen LogP contribution in [0.5, 0.6) is 11.5 Å². The van der Waals surface area contributed by atoms with E-state index in [1.807, 2.05) is 39.0 Å². The quantitative estimate of drug-likeness (QED) is 0.618. The molecule has 6 heteroatoms. The lowest BCUT2D eigenvalue weighted by molar-refractivity contribution is 0.0877. The number of carbonyl (C=O) groups is 1. The van der Waals surface area contributed by atoms with Crippen LogP contribution in [0.2, 0.25) is 10.0 Å². The lowest BCUT2D eigenvalue weighted by Gasteiger charge is -2.30. The first-order valence-corrected chi connectivity index (χ1v) is 9.46. The second-order valence-corrected chi connectivity index (χ2v) is 7.97. The molecule has 0 N–H and O–H groups in total. The summed E-state index contributed by atoms with van der Waals surface area (Å²) in [6, 6.07) is 7.39. The fourth-order valence-electron chi connectivity index (χ4n) is 3.50. The van der Waals surface area contributed by atoms with Gasteiger partial charge in [-0.2, -0.15) is 0 Å². The minimum absolute atomic E-state index is 0.0613. The number of hydrogen-bond donors (Lipinski definition) is 0. The normalized spacial score (nSPS) is 15.9. The van der Waals surface area contributed by atoms with E-state index >= 15 is 0 Å². The van der Waals surface area contributed by atoms with Crippen LogP contribution >= 0.6 is 23.2 Å². The van der Waals surface area contributed by atoms with E-state index in [1.165, 1.54) is 0 Å². The van der Waals surface area contributed by atoms with E-state index in [-0.39, 0.29) is 5.78 Å². The summed E-state index contributed by atoms with van der Waals surface area (Å²) in [5.74, 6) is 1.77. The van der Waals surface area contributed by atoms with Crippen molar-refractivity contribution in [3.8, 4) is 11.5 Å². The number of nitrogens with zero attached hydrogens (tertiary/aromatic N) is 1. The highest BCUT2D eigenvalue weighted by Gasteiger charge is 2.34. The summed E-state index contributed by atoms with van der Waals surface area (Å²) in [4.78, 5) is 14.8. The van der Waals surface area contributed by atoms with Crippen LogP contribution in [0.25, 0.3) is 0 Å². The van der Waals surface area contributed by atoms with Gasteiger partial charge in [-0.05, 0) is 50.1 Å². The number of benzene rings is 2. The van der Waals surface area contributed by atoms with Gasteiger partial charge in [-0.1, -0.05) is 29.3 Å². The SMILES string of the molecule is CC(C)=C1Oc2c(cc3c(c2C)OCN(Cc2ccc(Cl)cc2Cl)C3)C1=O. The molecule has 0 atom stereocenters. The van der Waals surface area contributed by atoms with Crippen molar-refractivity contribution >= 4 is 29.0 Å². The van der Waals surface area contributed by atoms with Gasteiger partial charge in [0.25, 0.3) is 0 Å². The predicted molar refractivity (Wildman–Crippen MR) is 106 cm³/mol. The number of hydrogen-bond acceptors (Lipinski definition) is 4. The van der Waals surface area contributed by atoms with Gasteiger partial charge in [-0.3, -0.25) is 9.69 Å². The van der Waals surface area contributed by atoms with Crippen molar-refractivity contribution in [3.63, 3.8) is 0 Å². The van der Waals surface area contributed by atoms with Crippen LogP contribution in [0.3, 0.4) is 0 Å². The van der Waals surface area contributed by atoms with E-state index in [0.717, 1.165) is 28.0 Å². The molecule has 2 aromatic rings. The third-order valence-corrected chi connectivity index (χ3v) is 5.43. The van der Waals surface area contributed by atoms with E-state index in [9.17, 15) is 4.79 Å². The molecule has 0 fully saturated rings. The van der Waals surface area contributed by atoms with E-state index in [4.69, 9.17) is 32.7 Å². The van der Waals surface area contributed by atoms with Crippen molar-refractivity contribution < 1.29 is 14.3 Å². The van der Waals surface area contributed by atoms with Gasteiger partial charge < -0.3 is 9.47 Å². The predicted octanol–water partition coefficient (Wildman–Crippen LogP) is 5.52. The lowest BCUT2D eigenvalue weighted by Crippen LogP contribution is -2.32. The average molecular weight is 404 g/mol. The van der Waals surface area contributed by atoms with E-state index in [1.54, 1.807) is 6.07 Å². The van der Waals surface area contributed by atoms with Crippen molar-refractivity contribution in [1.29, 1.82) is 0 Å². The molecular weight excluding hydrogens is 385 g/mol. The average Bonchev–Trinajstić information content (AvgIpc) is 2.95. The third-order valence-electron chi connectivity index (χ3n) is 4.84. The van der Waals surface area contributed by atoms with Crippen molar-refractivity contribution in [1.82, 2.24) is 4.90 Å². The van der Waals surface area contributed by atoms with Crippen molar-refractivity contribution in [2.24, 2.45) is 0 Å². The summed E-state index contributed by atoms with van der Waals surface area (Å²) in [6.45, 7) is 7.43.